The van der Waals surface area contributed by atoms with Crippen molar-refractivity contribution in [2.75, 3.05) is 18.4 Å². The monoisotopic (exact) mass is 344 g/mol. The molecule has 0 bridgehead atoms. The summed E-state index contributed by atoms with van der Waals surface area (Å²) < 4.78 is 0. The SMILES string of the molecule is C[C@@H]1CN(C(=O)C(=O)Nc2cncc(C(N)=O)c2)C[C@H]2CCCC[C@@H]21. The van der Waals surface area contributed by atoms with Crippen LogP contribution in [0, 0.1) is 17.8 Å². The Kier molecular flexibility index (Phi) is 5.01. The zero-order valence-electron chi connectivity index (χ0n) is 14.4. The number of piperidine rings is 1. The highest BCUT2D eigenvalue weighted by atomic mass is 16.2. The molecule has 3 rings (SSSR count). The number of aromatic nitrogens is 1. The van der Waals surface area contributed by atoms with Gasteiger partial charge in [0.05, 0.1) is 17.4 Å². The lowest BCUT2D eigenvalue weighted by Gasteiger charge is -2.45. The molecule has 1 saturated carbocycles. The van der Waals surface area contributed by atoms with Crippen LogP contribution in [0.4, 0.5) is 5.69 Å². The molecule has 7 nitrogen and oxygen atoms in total. The smallest absolute Gasteiger partial charge is 0.313 e. The predicted molar refractivity (Wildman–Crippen MR) is 92.6 cm³/mol. The standard InChI is InChI=1S/C18H24N4O3/c1-11-9-22(10-12-4-2-3-5-15(11)12)18(25)17(24)21-14-6-13(16(19)23)7-20-8-14/h6-8,11-12,15H,2-5,9-10H2,1H3,(H2,19,23)(H,21,24)/t11-,12-,15-/m1/s1. The minimum absolute atomic E-state index is 0.182. The first-order valence-corrected chi connectivity index (χ1v) is 8.81. The summed E-state index contributed by atoms with van der Waals surface area (Å²) in [6.45, 7) is 3.44. The first-order valence-electron chi connectivity index (χ1n) is 8.81. The maximum Gasteiger partial charge on any atom is 0.313 e. The second-order valence-corrected chi connectivity index (χ2v) is 7.18. The summed E-state index contributed by atoms with van der Waals surface area (Å²) in [6.07, 6.45) is 7.52. The molecule has 1 aliphatic heterocycles. The van der Waals surface area contributed by atoms with E-state index in [1.165, 1.54) is 37.7 Å². The van der Waals surface area contributed by atoms with Crippen LogP contribution in [0.2, 0.25) is 0 Å². The van der Waals surface area contributed by atoms with E-state index in [1.807, 2.05) is 0 Å². The molecule has 0 aromatic carbocycles. The molecule has 2 aliphatic rings. The molecule has 25 heavy (non-hydrogen) atoms. The number of nitrogens with two attached hydrogens (primary N) is 1. The Morgan fingerprint density at radius 3 is 2.72 bits per heavy atom. The maximum atomic E-state index is 12.5. The number of fused-ring (bicyclic) bond motifs is 1. The quantitative estimate of drug-likeness (QED) is 0.791. The van der Waals surface area contributed by atoms with E-state index in [0.29, 0.717) is 30.8 Å². The minimum Gasteiger partial charge on any atom is -0.366 e. The van der Waals surface area contributed by atoms with Crippen LogP contribution in [-0.4, -0.2) is 40.7 Å². The van der Waals surface area contributed by atoms with E-state index in [0.717, 1.165) is 6.42 Å². The first-order chi connectivity index (χ1) is 12.0. The number of nitrogens with zero attached hydrogens (tertiary/aromatic N) is 2. The highest BCUT2D eigenvalue weighted by molar-refractivity contribution is 6.39. The van der Waals surface area contributed by atoms with Crippen molar-refractivity contribution >= 4 is 23.4 Å². The van der Waals surface area contributed by atoms with Crippen LogP contribution < -0.4 is 11.1 Å². The number of carbonyl (C=O) groups is 3. The van der Waals surface area contributed by atoms with Crippen molar-refractivity contribution in [2.45, 2.75) is 32.6 Å². The van der Waals surface area contributed by atoms with Crippen molar-refractivity contribution in [1.29, 1.82) is 0 Å². The highest BCUT2D eigenvalue weighted by Gasteiger charge is 2.38. The molecule has 2 heterocycles. The van der Waals surface area contributed by atoms with Crippen molar-refractivity contribution in [3.8, 4) is 0 Å². The molecule has 1 aliphatic carbocycles. The first kappa shape index (κ1) is 17.4. The number of rotatable bonds is 2. The number of nitrogens with one attached hydrogen (secondary N) is 1. The third-order valence-electron chi connectivity index (χ3n) is 5.42. The van der Waals surface area contributed by atoms with Crippen LogP contribution >= 0.6 is 0 Å². The fourth-order valence-electron chi connectivity index (χ4n) is 4.19. The van der Waals surface area contributed by atoms with Gasteiger partial charge in [-0.3, -0.25) is 19.4 Å². The van der Waals surface area contributed by atoms with Gasteiger partial charge in [0.1, 0.15) is 0 Å². The second kappa shape index (κ2) is 7.21. The number of hydrogen-bond donors (Lipinski definition) is 2. The number of carbonyl (C=O) groups excluding carboxylic acids is 3. The molecule has 134 valence electrons. The van der Waals surface area contributed by atoms with Gasteiger partial charge in [-0.1, -0.05) is 19.8 Å². The average molecular weight is 344 g/mol. The molecule has 3 amide bonds. The van der Waals surface area contributed by atoms with Gasteiger partial charge in [-0.25, -0.2) is 0 Å². The zero-order valence-corrected chi connectivity index (χ0v) is 14.4. The summed E-state index contributed by atoms with van der Waals surface area (Å²) in [5.41, 5.74) is 5.67. The number of pyridine rings is 1. The molecular formula is C18H24N4O3. The fraction of sp³-hybridized carbons (Fsp3) is 0.556. The topological polar surface area (TPSA) is 105 Å². The van der Waals surface area contributed by atoms with Gasteiger partial charge in [0, 0.05) is 19.3 Å². The van der Waals surface area contributed by atoms with Gasteiger partial charge in [0.15, 0.2) is 0 Å². The second-order valence-electron chi connectivity index (χ2n) is 7.18. The Bertz CT molecular complexity index is 691. The Labute approximate surface area is 147 Å². The van der Waals surface area contributed by atoms with Crippen LogP contribution in [0.5, 0.6) is 0 Å². The van der Waals surface area contributed by atoms with Crippen LogP contribution in [0.15, 0.2) is 18.5 Å². The lowest BCUT2D eigenvalue weighted by atomic mass is 9.70. The predicted octanol–water partition coefficient (Wildman–Crippen LogP) is 1.40. The third-order valence-corrected chi connectivity index (χ3v) is 5.42. The van der Waals surface area contributed by atoms with Gasteiger partial charge in [0.25, 0.3) is 0 Å². The summed E-state index contributed by atoms with van der Waals surface area (Å²) in [7, 11) is 0. The molecule has 0 unspecified atom stereocenters. The van der Waals surface area contributed by atoms with E-state index in [-0.39, 0.29) is 11.3 Å². The Morgan fingerprint density at radius 2 is 1.96 bits per heavy atom. The molecule has 2 fully saturated rings. The van der Waals surface area contributed by atoms with Gasteiger partial charge in [-0.15, -0.1) is 0 Å². The van der Waals surface area contributed by atoms with E-state index in [2.05, 4.69) is 17.2 Å². The van der Waals surface area contributed by atoms with Gasteiger partial charge in [-0.2, -0.15) is 0 Å². The zero-order chi connectivity index (χ0) is 18.0. The summed E-state index contributed by atoms with van der Waals surface area (Å²) in [5, 5.41) is 2.52. The van der Waals surface area contributed by atoms with E-state index in [9.17, 15) is 14.4 Å². The van der Waals surface area contributed by atoms with E-state index < -0.39 is 17.7 Å². The van der Waals surface area contributed by atoms with Gasteiger partial charge in [0.2, 0.25) is 5.91 Å². The molecule has 3 atom stereocenters. The van der Waals surface area contributed by atoms with Crippen molar-refractivity contribution < 1.29 is 14.4 Å². The van der Waals surface area contributed by atoms with E-state index >= 15 is 0 Å². The molecule has 3 N–H and O–H groups in total. The van der Waals surface area contributed by atoms with Crippen molar-refractivity contribution in [1.82, 2.24) is 9.88 Å². The summed E-state index contributed by atoms with van der Waals surface area (Å²) in [4.78, 5) is 41.6. The molecule has 1 aromatic rings. The Balaban J connectivity index is 1.65. The molecule has 1 saturated heterocycles. The number of anilines is 1. The molecule has 1 aromatic heterocycles. The van der Waals surface area contributed by atoms with Crippen molar-refractivity contribution in [3.63, 3.8) is 0 Å². The largest absolute Gasteiger partial charge is 0.366 e. The minimum atomic E-state index is -0.704. The van der Waals surface area contributed by atoms with Gasteiger partial charge >= 0.3 is 11.8 Å². The van der Waals surface area contributed by atoms with Crippen LogP contribution in [0.1, 0.15) is 43.0 Å². The molecular weight excluding hydrogens is 320 g/mol. The Morgan fingerprint density at radius 1 is 1.20 bits per heavy atom. The number of likely N-dealkylation sites (tertiary alicyclic amines) is 1. The van der Waals surface area contributed by atoms with Gasteiger partial charge in [-0.05, 0) is 36.7 Å². The molecule has 0 radical (unpaired) electrons. The summed E-state index contributed by atoms with van der Waals surface area (Å²) in [5.74, 6) is -0.296. The van der Waals surface area contributed by atoms with Crippen LogP contribution in [-0.2, 0) is 9.59 Å². The van der Waals surface area contributed by atoms with Crippen molar-refractivity contribution in [2.24, 2.45) is 23.5 Å². The van der Waals surface area contributed by atoms with E-state index in [1.54, 1.807) is 4.90 Å². The van der Waals surface area contributed by atoms with Gasteiger partial charge < -0.3 is 16.0 Å². The molecule has 7 heteroatoms. The third kappa shape index (κ3) is 3.81. The van der Waals surface area contributed by atoms with E-state index in [4.69, 9.17) is 5.73 Å². The lowest BCUT2D eigenvalue weighted by Crippen LogP contribution is -2.51. The number of hydrogen-bond acceptors (Lipinski definition) is 4. The normalized spacial score (nSPS) is 25.8. The lowest BCUT2D eigenvalue weighted by molar-refractivity contribution is -0.146. The number of amides is 3. The summed E-state index contributed by atoms with van der Waals surface area (Å²) in [6, 6.07) is 1.41. The highest BCUT2D eigenvalue weighted by Crippen LogP contribution is 2.39. The average Bonchev–Trinajstić information content (AvgIpc) is 2.61. The van der Waals surface area contributed by atoms with Crippen molar-refractivity contribution in [3.05, 3.63) is 24.0 Å². The fourth-order valence-corrected chi connectivity index (χ4v) is 4.19. The summed E-state index contributed by atoms with van der Waals surface area (Å²) >= 11 is 0. The van der Waals surface area contributed by atoms with Crippen LogP contribution in [0.3, 0.4) is 0 Å². The maximum absolute atomic E-state index is 12.5. The number of primary amides is 1. The Hall–Kier alpha value is -2.44. The molecule has 0 spiro atoms. The van der Waals surface area contributed by atoms with Crippen LogP contribution in [0.25, 0.3) is 0 Å².